The molecule has 3 aromatic heterocycles. The van der Waals surface area contributed by atoms with Gasteiger partial charge in [0.1, 0.15) is 0 Å². The van der Waals surface area contributed by atoms with Gasteiger partial charge in [-0.15, -0.1) is 0 Å². The van der Waals surface area contributed by atoms with Gasteiger partial charge in [0.2, 0.25) is 5.95 Å². The number of nitrogens with two attached hydrogens (primary N) is 1. The van der Waals surface area contributed by atoms with Gasteiger partial charge in [-0.25, -0.2) is 9.97 Å². The summed E-state index contributed by atoms with van der Waals surface area (Å²) in [5.41, 5.74) is 8.09. The van der Waals surface area contributed by atoms with Gasteiger partial charge >= 0.3 is 6.18 Å². The predicted molar refractivity (Wildman–Crippen MR) is 113 cm³/mol. The van der Waals surface area contributed by atoms with E-state index in [1.54, 1.807) is 24.8 Å². The van der Waals surface area contributed by atoms with Crippen molar-refractivity contribution < 1.29 is 13.2 Å². The molecule has 1 fully saturated rings. The number of anilines is 1. The molecule has 160 valence electrons. The molecular weight excluding hydrogens is 405 g/mol. The lowest BCUT2D eigenvalue weighted by molar-refractivity contribution is -0.137. The Labute approximate surface area is 176 Å². The average molecular weight is 426 g/mol. The Hall–Kier alpha value is -3.20. The minimum atomic E-state index is -4.39. The van der Waals surface area contributed by atoms with Crippen LogP contribution in [-0.4, -0.2) is 32.0 Å². The monoisotopic (exact) mass is 426 g/mol. The first-order valence-electron chi connectivity index (χ1n) is 10.2. The van der Waals surface area contributed by atoms with Crippen molar-refractivity contribution in [1.82, 2.24) is 19.9 Å². The van der Waals surface area contributed by atoms with Crippen molar-refractivity contribution in [3.05, 3.63) is 48.5 Å². The molecular formula is C22H21F3N6. The lowest BCUT2D eigenvalue weighted by Gasteiger charge is -2.29. The Kier molecular flexibility index (Phi) is 4.77. The maximum atomic E-state index is 13.1. The second-order valence-electron chi connectivity index (χ2n) is 7.98. The number of alkyl halides is 3. The fourth-order valence-corrected chi connectivity index (χ4v) is 4.25. The molecule has 0 unspecified atom stereocenters. The van der Waals surface area contributed by atoms with Crippen LogP contribution in [0.4, 0.5) is 19.1 Å². The van der Waals surface area contributed by atoms with Crippen LogP contribution in [0.2, 0.25) is 0 Å². The van der Waals surface area contributed by atoms with Crippen LogP contribution >= 0.6 is 0 Å². The first-order chi connectivity index (χ1) is 14.9. The molecule has 5 rings (SSSR count). The molecule has 6 nitrogen and oxygen atoms in total. The number of halogens is 3. The number of aromatic nitrogens is 4. The van der Waals surface area contributed by atoms with E-state index >= 15 is 0 Å². The highest BCUT2D eigenvalue weighted by atomic mass is 19.4. The largest absolute Gasteiger partial charge is 0.416 e. The summed E-state index contributed by atoms with van der Waals surface area (Å²) in [7, 11) is 0. The van der Waals surface area contributed by atoms with Crippen LogP contribution in [0.15, 0.2) is 43.0 Å². The van der Waals surface area contributed by atoms with Crippen LogP contribution < -0.4 is 11.1 Å². The summed E-state index contributed by atoms with van der Waals surface area (Å²) in [6, 6.07) is 3.85. The van der Waals surface area contributed by atoms with Crippen molar-refractivity contribution in [3.8, 4) is 11.1 Å². The molecule has 4 aromatic rings. The number of nitrogens with one attached hydrogen (secondary N) is 2. The second-order valence-corrected chi connectivity index (χ2v) is 7.98. The number of pyridine rings is 1. The van der Waals surface area contributed by atoms with E-state index in [2.05, 4.69) is 20.3 Å². The van der Waals surface area contributed by atoms with E-state index in [9.17, 15) is 13.2 Å². The zero-order valence-corrected chi connectivity index (χ0v) is 16.6. The Morgan fingerprint density at radius 2 is 1.90 bits per heavy atom. The Bertz CT molecular complexity index is 1250. The number of hydrogen-bond donors (Lipinski definition) is 3. The SMILES string of the molecule is N[C@H]1CCCC[C@H]1Nc1ncc2cncc(-c3c[nH]c4cc(C(F)(F)F)ccc34)c2n1. The molecule has 1 aromatic carbocycles. The Morgan fingerprint density at radius 1 is 1.06 bits per heavy atom. The van der Waals surface area contributed by atoms with Gasteiger partial charge in [0.25, 0.3) is 0 Å². The van der Waals surface area contributed by atoms with Gasteiger partial charge in [-0.3, -0.25) is 4.98 Å². The average Bonchev–Trinajstić information content (AvgIpc) is 3.17. The van der Waals surface area contributed by atoms with Crippen molar-refractivity contribution in [2.75, 3.05) is 5.32 Å². The third-order valence-corrected chi connectivity index (χ3v) is 5.92. The molecule has 1 aliphatic rings. The number of benzene rings is 1. The third-order valence-electron chi connectivity index (χ3n) is 5.92. The molecule has 3 heterocycles. The summed E-state index contributed by atoms with van der Waals surface area (Å²) < 4.78 is 39.2. The van der Waals surface area contributed by atoms with Gasteiger partial charge in [0, 0.05) is 64.3 Å². The van der Waals surface area contributed by atoms with Crippen molar-refractivity contribution in [2.24, 2.45) is 5.73 Å². The fourth-order valence-electron chi connectivity index (χ4n) is 4.25. The van der Waals surface area contributed by atoms with E-state index in [0.717, 1.165) is 54.3 Å². The third kappa shape index (κ3) is 3.69. The van der Waals surface area contributed by atoms with Crippen LogP contribution in [0.1, 0.15) is 31.2 Å². The van der Waals surface area contributed by atoms with Crippen LogP contribution in [0.3, 0.4) is 0 Å². The highest BCUT2D eigenvalue weighted by Gasteiger charge is 2.31. The molecule has 0 radical (unpaired) electrons. The summed E-state index contributed by atoms with van der Waals surface area (Å²) in [6.07, 6.45) is 6.52. The van der Waals surface area contributed by atoms with Gasteiger partial charge in [-0.05, 0) is 25.0 Å². The van der Waals surface area contributed by atoms with E-state index in [-0.39, 0.29) is 12.1 Å². The first kappa shape index (κ1) is 19.7. The summed E-state index contributed by atoms with van der Waals surface area (Å²) >= 11 is 0. The number of nitrogens with zero attached hydrogens (tertiary/aromatic N) is 3. The number of aromatic amines is 1. The molecule has 1 saturated carbocycles. The summed E-state index contributed by atoms with van der Waals surface area (Å²) in [5, 5.41) is 4.77. The Morgan fingerprint density at radius 3 is 2.71 bits per heavy atom. The lowest BCUT2D eigenvalue weighted by atomic mass is 9.91. The van der Waals surface area contributed by atoms with Crippen LogP contribution in [0, 0.1) is 0 Å². The number of hydrogen-bond acceptors (Lipinski definition) is 5. The van der Waals surface area contributed by atoms with Gasteiger partial charge in [0.05, 0.1) is 11.1 Å². The van der Waals surface area contributed by atoms with Crippen LogP contribution in [0.25, 0.3) is 32.9 Å². The van der Waals surface area contributed by atoms with E-state index < -0.39 is 11.7 Å². The molecule has 0 bridgehead atoms. The minimum Gasteiger partial charge on any atom is -0.361 e. The van der Waals surface area contributed by atoms with E-state index in [1.165, 1.54) is 6.07 Å². The van der Waals surface area contributed by atoms with E-state index in [4.69, 9.17) is 10.7 Å². The summed E-state index contributed by atoms with van der Waals surface area (Å²) in [4.78, 5) is 16.3. The molecule has 0 saturated heterocycles. The van der Waals surface area contributed by atoms with E-state index in [1.807, 2.05) is 0 Å². The smallest absolute Gasteiger partial charge is 0.361 e. The number of fused-ring (bicyclic) bond motifs is 2. The van der Waals surface area contributed by atoms with Gasteiger partial charge < -0.3 is 16.0 Å². The molecule has 9 heteroatoms. The van der Waals surface area contributed by atoms with Gasteiger partial charge in [-0.2, -0.15) is 13.2 Å². The normalized spacial score (nSPS) is 19.7. The lowest BCUT2D eigenvalue weighted by Crippen LogP contribution is -2.42. The molecule has 0 amide bonds. The summed E-state index contributed by atoms with van der Waals surface area (Å²) in [5.74, 6) is 0.487. The highest BCUT2D eigenvalue weighted by molar-refractivity contribution is 6.03. The zero-order chi connectivity index (χ0) is 21.6. The molecule has 2 atom stereocenters. The molecule has 0 aliphatic heterocycles. The second kappa shape index (κ2) is 7.49. The molecule has 4 N–H and O–H groups in total. The van der Waals surface area contributed by atoms with Crippen molar-refractivity contribution in [3.63, 3.8) is 0 Å². The fraction of sp³-hybridized carbons (Fsp3) is 0.318. The molecule has 31 heavy (non-hydrogen) atoms. The predicted octanol–water partition coefficient (Wildman–Crippen LogP) is 4.87. The molecule has 0 spiro atoms. The topological polar surface area (TPSA) is 92.5 Å². The quantitative estimate of drug-likeness (QED) is 0.435. The molecule has 1 aliphatic carbocycles. The van der Waals surface area contributed by atoms with Crippen LogP contribution in [0.5, 0.6) is 0 Å². The van der Waals surface area contributed by atoms with Crippen molar-refractivity contribution >= 4 is 27.8 Å². The Balaban J connectivity index is 1.57. The maximum absolute atomic E-state index is 13.1. The standard InChI is InChI=1S/C22H21F3N6/c23-22(24,25)13-5-6-14-15(11-28-19(14)7-13)16-10-27-8-12-9-29-21(31-20(12)16)30-18-4-2-1-3-17(18)26/h5-11,17-18,28H,1-4,26H2,(H,29,30,31)/t17-,18+/m0/s1. The van der Waals surface area contributed by atoms with Crippen LogP contribution in [-0.2, 0) is 6.18 Å². The van der Waals surface area contributed by atoms with Crippen molar-refractivity contribution in [2.45, 2.75) is 43.9 Å². The van der Waals surface area contributed by atoms with Gasteiger partial charge in [0.15, 0.2) is 0 Å². The number of H-pyrrole nitrogens is 1. The van der Waals surface area contributed by atoms with Gasteiger partial charge in [-0.1, -0.05) is 18.9 Å². The number of rotatable bonds is 3. The maximum Gasteiger partial charge on any atom is 0.416 e. The van der Waals surface area contributed by atoms with E-state index in [0.29, 0.717) is 22.4 Å². The highest BCUT2D eigenvalue weighted by Crippen LogP contribution is 2.36. The van der Waals surface area contributed by atoms with Crippen molar-refractivity contribution in [1.29, 1.82) is 0 Å². The first-order valence-corrected chi connectivity index (χ1v) is 10.2. The summed E-state index contributed by atoms with van der Waals surface area (Å²) in [6.45, 7) is 0. The minimum absolute atomic E-state index is 0.0569. The zero-order valence-electron chi connectivity index (χ0n) is 16.6.